The highest BCUT2D eigenvalue weighted by atomic mass is 16.6. The van der Waals surface area contributed by atoms with Crippen molar-refractivity contribution in [2.24, 2.45) is 0 Å². The third-order valence-electron chi connectivity index (χ3n) is 6.06. The number of imide groups is 1. The zero-order valence-corrected chi connectivity index (χ0v) is 23.2. The van der Waals surface area contributed by atoms with Crippen LogP contribution in [0.15, 0.2) is 72.8 Å². The molecule has 10 nitrogen and oxygen atoms in total. The van der Waals surface area contributed by atoms with Gasteiger partial charge < -0.3 is 19.1 Å². The number of nitrogens with zero attached hydrogens (tertiary/aromatic N) is 2. The molecule has 0 fully saturated rings. The molecule has 3 aromatic carbocycles. The predicted octanol–water partition coefficient (Wildman–Crippen LogP) is 4.87. The molecule has 3 aromatic rings. The van der Waals surface area contributed by atoms with Crippen LogP contribution in [-0.4, -0.2) is 60.5 Å². The molecule has 1 aliphatic heterocycles. The summed E-state index contributed by atoms with van der Waals surface area (Å²) in [4.78, 5) is 66.5. The summed E-state index contributed by atoms with van der Waals surface area (Å²) in [6, 6.07) is 19.3. The molecule has 10 heteroatoms. The van der Waals surface area contributed by atoms with E-state index in [1.165, 1.54) is 42.3 Å². The Morgan fingerprint density at radius 3 is 2.17 bits per heavy atom. The fourth-order valence-electron chi connectivity index (χ4n) is 4.02. The molecule has 1 heterocycles. The van der Waals surface area contributed by atoms with Gasteiger partial charge in [0.25, 0.3) is 11.8 Å². The number of rotatable bonds is 8. The molecule has 4 rings (SSSR count). The minimum atomic E-state index is -0.778. The first-order valence-electron chi connectivity index (χ1n) is 12.9. The Bertz CT molecular complexity index is 1490. The minimum absolute atomic E-state index is 0.00979. The maximum absolute atomic E-state index is 13.4. The third kappa shape index (κ3) is 6.78. The highest BCUT2D eigenvalue weighted by Gasteiger charge is 2.39. The van der Waals surface area contributed by atoms with Crippen molar-refractivity contribution in [2.45, 2.75) is 33.0 Å². The van der Waals surface area contributed by atoms with Crippen LogP contribution in [0.3, 0.4) is 0 Å². The van der Waals surface area contributed by atoms with Crippen LogP contribution in [0.2, 0.25) is 0 Å². The van der Waals surface area contributed by atoms with Gasteiger partial charge in [0.15, 0.2) is 0 Å². The Morgan fingerprint density at radius 1 is 0.805 bits per heavy atom. The average Bonchev–Trinajstić information content (AvgIpc) is 3.19. The standard InChI is InChI=1S/C31H30N2O8/c1-31(2,3)41-30(38)32(4)16-17-39-29(37)23-12-8-9-13-25(23)33-26(34)22-15-14-21(18-24(22)27(33)35)28(36)40-19-20-10-6-5-7-11-20/h5-15,18H,16-17,19H2,1-4H3. The molecule has 0 atom stereocenters. The Hall–Kier alpha value is -4.99. The molecule has 41 heavy (non-hydrogen) atoms. The van der Waals surface area contributed by atoms with Crippen molar-refractivity contribution in [1.29, 1.82) is 0 Å². The summed E-state index contributed by atoms with van der Waals surface area (Å²) in [5, 5.41) is 0. The number of carbonyl (C=O) groups excluding carboxylic acids is 5. The van der Waals surface area contributed by atoms with E-state index in [-0.39, 0.29) is 47.7 Å². The Kier molecular flexibility index (Phi) is 8.51. The van der Waals surface area contributed by atoms with Crippen molar-refractivity contribution in [3.8, 4) is 0 Å². The first kappa shape index (κ1) is 29.0. The van der Waals surface area contributed by atoms with Crippen molar-refractivity contribution in [3.63, 3.8) is 0 Å². The molecular weight excluding hydrogens is 528 g/mol. The lowest BCUT2D eigenvalue weighted by Crippen LogP contribution is -2.36. The van der Waals surface area contributed by atoms with E-state index in [4.69, 9.17) is 14.2 Å². The van der Waals surface area contributed by atoms with Crippen molar-refractivity contribution in [2.75, 3.05) is 25.1 Å². The Morgan fingerprint density at radius 2 is 1.46 bits per heavy atom. The van der Waals surface area contributed by atoms with Crippen molar-refractivity contribution >= 4 is 35.5 Å². The highest BCUT2D eigenvalue weighted by molar-refractivity contribution is 6.35. The number of amides is 3. The number of anilines is 1. The topological polar surface area (TPSA) is 120 Å². The number of likely N-dealkylation sites (N-methyl/N-ethyl adjacent to an activating group) is 1. The van der Waals surface area contributed by atoms with Crippen LogP contribution >= 0.6 is 0 Å². The third-order valence-corrected chi connectivity index (χ3v) is 6.06. The van der Waals surface area contributed by atoms with Gasteiger partial charge in [0.2, 0.25) is 0 Å². The summed E-state index contributed by atoms with van der Waals surface area (Å²) in [6.07, 6.45) is -0.566. The summed E-state index contributed by atoms with van der Waals surface area (Å²) in [7, 11) is 1.51. The molecule has 0 N–H and O–H groups in total. The number of fused-ring (bicyclic) bond motifs is 1. The van der Waals surface area contributed by atoms with E-state index in [1.54, 1.807) is 32.9 Å². The molecule has 0 spiro atoms. The molecule has 0 unspecified atom stereocenters. The average molecular weight is 559 g/mol. The summed E-state index contributed by atoms with van der Waals surface area (Å²) in [5.41, 5.74) is 0.394. The lowest BCUT2D eigenvalue weighted by Gasteiger charge is -2.24. The van der Waals surface area contributed by atoms with Gasteiger partial charge in [-0.3, -0.25) is 9.59 Å². The number of hydrogen-bond donors (Lipinski definition) is 0. The maximum Gasteiger partial charge on any atom is 0.410 e. The Balaban J connectivity index is 1.45. The molecule has 3 amide bonds. The zero-order valence-electron chi connectivity index (χ0n) is 23.2. The second-order valence-corrected chi connectivity index (χ2v) is 10.3. The second-order valence-electron chi connectivity index (χ2n) is 10.3. The van der Waals surface area contributed by atoms with E-state index in [0.717, 1.165) is 10.5 Å². The monoisotopic (exact) mass is 558 g/mol. The van der Waals surface area contributed by atoms with Crippen LogP contribution in [0.5, 0.6) is 0 Å². The van der Waals surface area contributed by atoms with E-state index in [2.05, 4.69) is 0 Å². The zero-order chi connectivity index (χ0) is 29.7. The van der Waals surface area contributed by atoms with Crippen LogP contribution in [-0.2, 0) is 20.8 Å². The maximum atomic E-state index is 13.4. The number of benzene rings is 3. The minimum Gasteiger partial charge on any atom is -0.460 e. The van der Waals surface area contributed by atoms with Gasteiger partial charge in [-0.15, -0.1) is 0 Å². The van der Waals surface area contributed by atoms with Gasteiger partial charge in [0, 0.05) is 7.05 Å². The van der Waals surface area contributed by atoms with Gasteiger partial charge in [-0.25, -0.2) is 19.3 Å². The highest BCUT2D eigenvalue weighted by Crippen LogP contribution is 2.32. The van der Waals surface area contributed by atoms with Gasteiger partial charge in [-0.2, -0.15) is 0 Å². The van der Waals surface area contributed by atoms with E-state index < -0.39 is 35.4 Å². The van der Waals surface area contributed by atoms with Gasteiger partial charge in [0.1, 0.15) is 18.8 Å². The molecule has 0 bridgehead atoms. The van der Waals surface area contributed by atoms with E-state index in [1.807, 2.05) is 30.3 Å². The normalized spacial score (nSPS) is 12.5. The van der Waals surface area contributed by atoms with E-state index >= 15 is 0 Å². The number of para-hydroxylation sites is 1. The number of ether oxygens (including phenoxy) is 3. The predicted molar refractivity (Wildman–Crippen MR) is 149 cm³/mol. The van der Waals surface area contributed by atoms with Crippen molar-refractivity contribution in [1.82, 2.24) is 4.90 Å². The first-order valence-corrected chi connectivity index (χ1v) is 12.9. The fraction of sp³-hybridized carbons (Fsp3) is 0.258. The SMILES string of the molecule is CN(CCOC(=O)c1ccccc1N1C(=O)c2ccc(C(=O)OCc3ccccc3)cc2C1=O)C(=O)OC(C)(C)C. The molecule has 0 saturated carbocycles. The molecule has 0 saturated heterocycles. The lowest BCUT2D eigenvalue weighted by atomic mass is 10.1. The van der Waals surface area contributed by atoms with Crippen molar-refractivity contribution < 1.29 is 38.2 Å². The van der Waals surface area contributed by atoms with Gasteiger partial charge in [-0.05, 0) is 56.7 Å². The van der Waals surface area contributed by atoms with Gasteiger partial charge in [0.05, 0.1) is 34.5 Å². The van der Waals surface area contributed by atoms with E-state index in [0.29, 0.717) is 0 Å². The quantitative estimate of drug-likeness (QED) is 0.218. The molecule has 0 radical (unpaired) electrons. The summed E-state index contributed by atoms with van der Waals surface area (Å²) in [5.74, 6) is -2.75. The second kappa shape index (κ2) is 12.0. The van der Waals surface area contributed by atoms with Crippen LogP contribution in [0, 0.1) is 0 Å². The number of esters is 2. The van der Waals surface area contributed by atoms with Gasteiger partial charge in [-0.1, -0.05) is 42.5 Å². The Labute approximate surface area is 237 Å². The first-order chi connectivity index (χ1) is 19.5. The molecule has 0 aromatic heterocycles. The summed E-state index contributed by atoms with van der Waals surface area (Å²) >= 11 is 0. The summed E-state index contributed by atoms with van der Waals surface area (Å²) < 4.78 is 16.0. The fourth-order valence-corrected chi connectivity index (χ4v) is 4.02. The summed E-state index contributed by atoms with van der Waals surface area (Å²) in [6.45, 7) is 5.21. The molecule has 212 valence electrons. The smallest absolute Gasteiger partial charge is 0.410 e. The van der Waals surface area contributed by atoms with Gasteiger partial charge >= 0.3 is 18.0 Å². The lowest BCUT2D eigenvalue weighted by molar-refractivity contribution is 0.0217. The molecule has 0 aliphatic carbocycles. The van der Waals surface area contributed by atoms with Crippen LogP contribution in [0.25, 0.3) is 0 Å². The van der Waals surface area contributed by atoms with E-state index in [9.17, 15) is 24.0 Å². The molecule has 1 aliphatic rings. The van der Waals surface area contributed by atoms with Crippen LogP contribution in [0.1, 0.15) is 67.8 Å². The van der Waals surface area contributed by atoms with Crippen LogP contribution < -0.4 is 4.90 Å². The largest absolute Gasteiger partial charge is 0.460 e. The van der Waals surface area contributed by atoms with Crippen LogP contribution in [0.4, 0.5) is 10.5 Å². The molecular formula is C31H30N2O8. The number of carbonyl (C=O) groups is 5. The van der Waals surface area contributed by atoms with Crippen molar-refractivity contribution in [3.05, 3.63) is 101 Å². The number of hydrogen-bond acceptors (Lipinski definition) is 8.